The van der Waals surface area contributed by atoms with Gasteiger partial charge in [-0.1, -0.05) is 0 Å². The maximum absolute atomic E-state index is 12.3. The minimum Gasteiger partial charge on any atom is -0.308 e. The van der Waals surface area contributed by atoms with Crippen molar-refractivity contribution in [3.8, 4) is 10.4 Å². The summed E-state index contributed by atoms with van der Waals surface area (Å²) in [6.07, 6.45) is 4.25. The van der Waals surface area contributed by atoms with Crippen LogP contribution in [0.2, 0.25) is 0 Å². The van der Waals surface area contributed by atoms with Crippen LogP contribution in [0.1, 0.15) is 24.4 Å². The fraction of sp³-hybridized carbons (Fsp3) is 0.400. The molecule has 0 saturated carbocycles. The lowest BCUT2D eigenvalue weighted by Gasteiger charge is -2.13. The van der Waals surface area contributed by atoms with Gasteiger partial charge in [-0.25, -0.2) is 4.98 Å². The summed E-state index contributed by atoms with van der Waals surface area (Å²) < 4.78 is 0.681. The first-order valence-electron chi connectivity index (χ1n) is 7.46. The number of nitrogens with one attached hydrogen (secondary N) is 2. The molecule has 0 unspecified atom stereocenters. The van der Waals surface area contributed by atoms with Crippen LogP contribution in [0.4, 0.5) is 0 Å². The molecule has 0 aliphatic carbocycles. The van der Waals surface area contributed by atoms with E-state index in [0.29, 0.717) is 4.70 Å². The number of H-pyrrole nitrogens is 2. The third-order valence-electron chi connectivity index (χ3n) is 4.10. The van der Waals surface area contributed by atoms with Crippen molar-refractivity contribution >= 4 is 21.6 Å². The van der Waals surface area contributed by atoms with Gasteiger partial charge in [0.2, 0.25) is 0 Å². The van der Waals surface area contributed by atoms with Gasteiger partial charge in [-0.3, -0.25) is 14.8 Å². The molecule has 3 aromatic rings. The lowest BCUT2D eigenvalue weighted by molar-refractivity contribution is 0.322. The first-order valence-corrected chi connectivity index (χ1v) is 8.28. The fourth-order valence-corrected chi connectivity index (χ4v) is 4.01. The quantitative estimate of drug-likeness (QED) is 0.777. The summed E-state index contributed by atoms with van der Waals surface area (Å²) in [5.74, 6) is 0.757. The average Bonchev–Trinajstić information content (AvgIpc) is 3.18. The average molecular weight is 315 g/mol. The van der Waals surface area contributed by atoms with Crippen LogP contribution in [-0.2, 0) is 6.54 Å². The smallest absolute Gasteiger partial charge is 0.268 e. The van der Waals surface area contributed by atoms with Crippen LogP contribution in [0.5, 0.6) is 0 Å². The van der Waals surface area contributed by atoms with Crippen molar-refractivity contribution in [2.45, 2.75) is 26.3 Å². The molecule has 1 aliphatic heterocycles. The first-order chi connectivity index (χ1) is 10.7. The predicted molar refractivity (Wildman–Crippen MR) is 87.1 cm³/mol. The van der Waals surface area contributed by atoms with Crippen molar-refractivity contribution in [2.75, 3.05) is 13.1 Å². The van der Waals surface area contributed by atoms with E-state index in [1.54, 1.807) is 6.20 Å². The van der Waals surface area contributed by atoms with E-state index in [1.165, 1.54) is 24.2 Å². The molecule has 114 valence electrons. The summed E-state index contributed by atoms with van der Waals surface area (Å²) in [6.45, 7) is 4.87. The summed E-state index contributed by atoms with van der Waals surface area (Å²) >= 11 is 1.47. The van der Waals surface area contributed by atoms with Crippen molar-refractivity contribution in [3.63, 3.8) is 0 Å². The summed E-state index contributed by atoms with van der Waals surface area (Å²) in [5, 5.41) is 6.97. The minimum atomic E-state index is -0.0448. The molecular formula is C15H17N5OS. The molecule has 1 aliphatic rings. The largest absolute Gasteiger partial charge is 0.308 e. The molecule has 4 rings (SSSR count). The molecule has 0 spiro atoms. The lowest BCUT2D eigenvalue weighted by Crippen LogP contribution is -2.22. The molecule has 0 radical (unpaired) electrons. The van der Waals surface area contributed by atoms with Gasteiger partial charge >= 0.3 is 0 Å². The molecule has 4 heterocycles. The predicted octanol–water partition coefficient (Wildman–Crippen LogP) is 2.28. The zero-order valence-electron chi connectivity index (χ0n) is 12.3. The van der Waals surface area contributed by atoms with E-state index in [2.05, 4.69) is 25.1 Å². The van der Waals surface area contributed by atoms with Gasteiger partial charge in [0.05, 0.1) is 18.3 Å². The number of hydrogen-bond acceptors (Lipinski definition) is 5. The maximum Gasteiger partial charge on any atom is 0.268 e. The maximum atomic E-state index is 12.3. The normalized spacial score (nSPS) is 15.9. The van der Waals surface area contributed by atoms with Gasteiger partial charge < -0.3 is 4.98 Å². The van der Waals surface area contributed by atoms with Gasteiger partial charge in [0.1, 0.15) is 10.5 Å². The third-order valence-corrected chi connectivity index (χ3v) is 5.26. The van der Waals surface area contributed by atoms with E-state index >= 15 is 0 Å². The van der Waals surface area contributed by atoms with E-state index in [4.69, 9.17) is 0 Å². The molecule has 6 nitrogen and oxygen atoms in total. The van der Waals surface area contributed by atoms with Crippen molar-refractivity contribution in [1.29, 1.82) is 0 Å². The van der Waals surface area contributed by atoms with Crippen LogP contribution in [0, 0.1) is 6.92 Å². The Labute approximate surface area is 131 Å². The molecule has 0 aromatic carbocycles. The van der Waals surface area contributed by atoms with Gasteiger partial charge in [0.25, 0.3) is 5.56 Å². The molecule has 0 atom stereocenters. The van der Waals surface area contributed by atoms with E-state index in [0.717, 1.165) is 47.1 Å². The Balaban J connectivity index is 1.74. The Morgan fingerprint density at radius 2 is 2.18 bits per heavy atom. The van der Waals surface area contributed by atoms with Crippen molar-refractivity contribution in [1.82, 2.24) is 25.1 Å². The number of nitrogens with zero attached hydrogens (tertiary/aromatic N) is 3. The van der Waals surface area contributed by atoms with Gasteiger partial charge in [0, 0.05) is 16.1 Å². The van der Waals surface area contributed by atoms with Gasteiger partial charge in [-0.2, -0.15) is 5.10 Å². The number of fused-ring (bicyclic) bond motifs is 1. The van der Waals surface area contributed by atoms with E-state index in [9.17, 15) is 4.79 Å². The number of likely N-dealkylation sites (tertiary alicyclic amines) is 1. The summed E-state index contributed by atoms with van der Waals surface area (Å²) in [5.41, 5.74) is 2.76. The Kier molecular flexibility index (Phi) is 3.31. The molecule has 22 heavy (non-hydrogen) atoms. The van der Waals surface area contributed by atoms with Crippen LogP contribution in [-0.4, -0.2) is 38.2 Å². The standard InChI is InChI=1S/C15H17N5OS/c1-9-10(7-16-19-9)12-6-11-14(22-12)15(21)18-13(17-11)8-20-4-2-3-5-20/h6-7H,2-5,8H2,1H3,(H,16,19)(H,17,18,21). The molecule has 1 saturated heterocycles. The summed E-state index contributed by atoms with van der Waals surface area (Å²) in [7, 11) is 0. The number of hydrogen-bond donors (Lipinski definition) is 2. The lowest BCUT2D eigenvalue weighted by atomic mass is 10.2. The number of aryl methyl sites for hydroxylation is 1. The summed E-state index contributed by atoms with van der Waals surface area (Å²) in [6, 6.07) is 1.99. The number of rotatable bonds is 3. The molecule has 3 aromatic heterocycles. The monoisotopic (exact) mass is 315 g/mol. The SMILES string of the molecule is Cc1[nH]ncc1-c1cc2nc(CN3CCCC3)[nH]c(=O)c2s1. The molecule has 1 fully saturated rings. The third kappa shape index (κ3) is 2.36. The second kappa shape index (κ2) is 5.33. The fourth-order valence-electron chi connectivity index (χ4n) is 2.95. The van der Waals surface area contributed by atoms with Crippen LogP contribution in [0.25, 0.3) is 20.7 Å². The highest BCUT2D eigenvalue weighted by atomic mass is 32.1. The molecule has 0 bridgehead atoms. The molecule has 7 heteroatoms. The van der Waals surface area contributed by atoms with Crippen molar-refractivity contribution in [3.05, 3.63) is 34.1 Å². The zero-order chi connectivity index (χ0) is 15.1. The summed E-state index contributed by atoms with van der Waals surface area (Å²) in [4.78, 5) is 23.2. The van der Waals surface area contributed by atoms with Gasteiger partial charge in [-0.05, 0) is 38.9 Å². The first kappa shape index (κ1) is 13.7. The van der Waals surface area contributed by atoms with Crippen LogP contribution in [0.15, 0.2) is 17.1 Å². The Morgan fingerprint density at radius 3 is 2.91 bits per heavy atom. The second-order valence-electron chi connectivity index (χ2n) is 5.73. The van der Waals surface area contributed by atoms with Gasteiger partial charge in [-0.15, -0.1) is 11.3 Å². The number of thiophene rings is 1. The van der Waals surface area contributed by atoms with E-state index in [-0.39, 0.29) is 5.56 Å². The number of aromatic nitrogens is 4. The van der Waals surface area contributed by atoms with E-state index < -0.39 is 0 Å². The van der Waals surface area contributed by atoms with E-state index in [1.807, 2.05) is 13.0 Å². The highest BCUT2D eigenvalue weighted by Gasteiger charge is 2.16. The Morgan fingerprint density at radius 1 is 1.36 bits per heavy atom. The molecular weight excluding hydrogens is 298 g/mol. The topological polar surface area (TPSA) is 77.7 Å². The minimum absolute atomic E-state index is 0.0448. The van der Waals surface area contributed by atoms with Crippen LogP contribution < -0.4 is 5.56 Å². The molecule has 2 N–H and O–H groups in total. The second-order valence-corrected chi connectivity index (χ2v) is 6.78. The zero-order valence-corrected chi connectivity index (χ0v) is 13.2. The molecule has 0 amide bonds. The number of aromatic amines is 2. The van der Waals surface area contributed by atoms with Gasteiger partial charge in [0.15, 0.2) is 0 Å². The Bertz CT molecular complexity index is 872. The van der Waals surface area contributed by atoms with Crippen LogP contribution >= 0.6 is 11.3 Å². The van der Waals surface area contributed by atoms with Crippen LogP contribution in [0.3, 0.4) is 0 Å². The van der Waals surface area contributed by atoms with Crippen molar-refractivity contribution in [2.24, 2.45) is 0 Å². The highest BCUT2D eigenvalue weighted by Crippen LogP contribution is 2.32. The Hall–Kier alpha value is -1.99. The highest BCUT2D eigenvalue weighted by molar-refractivity contribution is 7.22. The van der Waals surface area contributed by atoms with Crippen molar-refractivity contribution < 1.29 is 0 Å².